The highest BCUT2D eigenvalue weighted by Gasteiger charge is 2.11. The van der Waals surface area contributed by atoms with E-state index < -0.39 is 6.61 Å². The quantitative estimate of drug-likeness (QED) is 0.564. The summed E-state index contributed by atoms with van der Waals surface area (Å²) in [5, 5.41) is 6.19. The van der Waals surface area contributed by atoms with Crippen LogP contribution in [0.1, 0.15) is 11.3 Å². The summed E-state index contributed by atoms with van der Waals surface area (Å²) >= 11 is 0. The third-order valence-electron chi connectivity index (χ3n) is 3.40. The van der Waals surface area contributed by atoms with Gasteiger partial charge in [-0.25, -0.2) is 0 Å². The molecule has 6 nitrogen and oxygen atoms in total. The molecule has 1 aromatic carbocycles. The molecule has 0 saturated heterocycles. The molecule has 0 aliphatic heterocycles. The van der Waals surface area contributed by atoms with Gasteiger partial charge in [0.2, 0.25) is 0 Å². The first-order valence-electron chi connectivity index (χ1n) is 7.71. The number of hydrogen-bond acceptors (Lipinski definition) is 4. The Morgan fingerprint density at radius 3 is 2.76 bits per heavy atom. The Morgan fingerprint density at radius 1 is 1.28 bits per heavy atom. The highest BCUT2D eigenvalue weighted by molar-refractivity contribution is 5.79. The fraction of sp³-hybridized carbons (Fsp3) is 0.353. The zero-order valence-corrected chi connectivity index (χ0v) is 14.1. The van der Waals surface area contributed by atoms with Gasteiger partial charge in [0.05, 0.1) is 13.4 Å². The topological polar surface area (TPSA) is 68.0 Å². The molecule has 8 heteroatoms. The second kappa shape index (κ2) is 9.51. The van der Waals surface area contributed by atoms with Crippen molar-refractivity contribution in [3.63, 3.8) is 0 Å². The first kappa shape index (κ1) is 18.6. The van der Waals surface area contributed by atoms with Gasteiger partial charge < -0.3 is 24.5 Å². The number of rotatable bonds is 8. The molecular formula is C17H21F2N3O3. The van der Waals surface area contributed by atoms with E-state index in [1.54, 1.807) is 25.4 Å². The Kier molecular flexibility index (Phi) is 7.06. The monoisotopic (exact) mass is 353 g/mol. The van der Waals surface area contributed by atoms with Crippen molar-refractivity contribution >= 4 is 5.96 Å². The maximum atomic E-state index is 12.6. The normalized spacial score (nSPS) is 11.5. The predicted octanol–water partition coefficient (Wildman–Crippen LogP) is 2.80. The van der Waals surface area contributed by atoms with E-state index in [0.717, 1.165) is 5.76 Å². The summed E-state index contributed by atoms with van der Waals surface area (Å²) in [5.41, 5.74) is 0.565. The standard InChI is InChI=1S/C17H21F2N3O3/c1-20-17(21-8-7-13-4-3-9-24-13)22-11-12-5-6-14(23-2)10-15(12)25-16(18)19/h3-6,9-10,16H,7-8,11H2,1-2H3,(H2,20,21,22). The third-order valence-corrected chi connectivity index (χ3v) is 3.40. The van der Waals surface area contributed by atoms with E-state index in [0.29, 0.717) is 30.2 Å². The lowest BCUT2D eigenvalue weighted by Gasteiger charge is -2.15. The molecule has 0 fully saturated rings. The SMILES string of the molecule is CN=C(NCCc1ccco1)NCc1ccc(OC)cc1OC(F)F. The van der Waals surface area contributed by atoms with Crippen LogP contribution in [-0.2, 0) is 13.0 Å². The van der Waals surface area contributed by atoms with Crippen LogP contribution in [0.3, 0.4) is 0 Å². The predicted molar refractivity (Wildman–Crippen MR) is 90.2 cm³/mol. The average Bonchev–Trinajstić information content (AvgIpc) is 3.11. The van der Waals surface area contributed by atoms with E-state index in [1.807, 2.05) is 12.1 Å². The Labute approximate surface area is 144 Å². The Hall–Kier alpha value is -2.77. The van der Waals surface area contributed by atoms with Crippen molar-refractivity contribution in [2.75, 3.05) is 20.7 Å². The van der Waals surface area contributed by atoms with Gasteiger partial charge in [0.15, 0.2) is 5.96 Å². The van der Waals surface area contributed by atoms with Crippen LogP contribution in [0.15, 0.2) is 46.0 Å². The molecule has 0 radical (unpaired) electrons. The Balaban J connectivity index is 1.91. The average molecular weight is 353 g/mol. The fourth-order valence-electron chi connectivity index (χ4n) is 2.17. The van der Waals surface area contributed by atoms with E-state index in [1.165, 1.54) is 13.2 Å². The van der Waals surface area contributed by atoms with Crippen molar-refractivity contribution < 1.29 is 22.7 Å². The molecule has 0 atom stereocenters. The van der Waals surface area contributed by atoms with Crippen molar-refractivity contribution in [3.8, 4) is 11.5 Å². The second-order valence-corrected chi connectivity index (χ2v) is 5.03. The number of guanidine groups is 1. The van der Waals surface area contributed by atoms with Gasteiger partial charge in [0, 0.05) is 38.2 Å². The van der Waals surface area contributed by atoms with Gasteiger partial charge in [-0.05, 0) is 24.3 Å². The van der Waals surface area contributed by atoms with Crippen LogP contribution in [0.25, 0.3) is 0 Å². The number of alkyl halides is 2. The van der Waals surface area contributed by atoms with E-state index >= 15 is 0 Å². The Morgan fingerprint density at radius 2 is 2.12 bits per heavy atom. The highest BCUT2D eigenvalue weighted by Crippen LogP contribution is 2.26. The molecule has 0 aliphatic carbocycles. The van der Waals surface area contributed by atoms with Crippen molar-refractivity contribution in [1.82, 2.24) is 10.6 Å². The molecule has 0 unspecified atom stereocenters. The maximum Gasteiger partial charge on any atom is 0.387 e. The fourth-order valence-corrected chi connectivity index (χ4v) is 2.17. The number of nitrogens with one attached hydrogen (secondary N) is 2. The number of ether oxygens (including phenoxy) is 2. The lowest BCUT2D eigenvalue weighted by Crippen LogP contribution is -2.37. The van der Waals surface area contributed by atoms with Crippen LogP contribution < -0.4 is 20.1 Å². The molecular weight excluding hydrogens is 332 g/mol. The van der Waals surface area contributed by atoms with Crippen molar-refractivity contribution in [2.45, 2.75) is 19.6 Å². The molecule has 25 heavy (non-hydrogen) atoms. The summed E-state index contributed by atoms with van der Waals surface area (Å²) in [7, 11) is 3.09. The van der Waals surface area contributed by atoms with Crippen LogP contribution in [-0.4, -0.2) is 33.3 Å². The largest absolute Gasteiger partial charge is 0.497 e. The molecule has 136 valence electrons. The molecule has 2 rings (SSSR count). The van der Waals surface area contributed by atoms with Gasteiger partial charge in [0.1, 0.15) is 17.3 Å². The lowest BCUT2D eigenvalue weighted by atomic mass is 10.2. The Bertz CT molecular complexity index is 676. The van der Waals surface area contributed by atoms with E-state index in [4.69, 9.17) is 9.15 Å². The van der Waals surface area contributed by atoms with E-state index in [2.05, 4.69) is 20.4 Å². The van der Waals surface area contributed by atoms with E-state index in [9.17, 15) is 8.78 Å². The molecule has 0 spiro atoms. The van der Waals surface area contributed by atoms with Crippen LogP contribution in [0.4, 0.5) is 8.78 Å². The zero-order chi connectivity index (χ0) is 18.1. The smallest absolute Gasteiger partial charge is 0.387 e. The lowest BCUT2D eigenvalue weighted by molar-refractivity contribution is -0.0505. The minimum atomic E-state index is -2.91. The first-order chi connectivity index (χ1) is 12.1. The molecule has 0 bridgehead atoms. The number of halogens is 2. The van der Waals surface area contributed by atoms with Gasteiger partial charge >= 0.3 is 6.61 Å². The minimum Gasteiger partial charge on any atom is -0.497 e. The van der Waals surface area contributed by atoms with Gasteiger partial charge in [-0.2, -0.15) is 8.78 Å². The molecule has 0 amide bonds. The van der Waals surface area contributed by atoms with Crippen LogP contribution in [0.5, 0.6) is 11.5 Å². The number of methoxy groups -OCH3 is 1. The number of furan rings is 1. The third kappa shape index (κ3) is 5.98. The molecule has 1 heterocycles. The van der Waals surface area contributed by atoms with Crippen LogP contribution in [0.2, 0.25) is 0 Å². The van der Waals surface area contributed by atoms with E-state index in [-0.39, 0.29) is 12.3 Å². The van der Waals surface area contributed by atoms with Crippen LogP contribution in [0, 0.1) is 0 Å². The van der Waals surface area contributed by atoms with Gasteiger partial charge in [-0.15, -0.1) is 0 Å². The summed E-state index contributed by atoms with van der Waals surface area (Å²) in [5.74, 6) is 1.92. The number of aliphatic imine (C=N–C) groups is 1. The highest BCUT2D eigenvalue weighted by atomic mass is 19.3. The van der Waals surface area contributed by atoms with Crippen molar-refractivity contribution in [3.05, 3.63) is 47.9 Å². The number of benzene rings is 1. The first-order valence-corrected chi connectivity index (χ1v) is 7.71. The summed E-state index contributed by atoms with van der Waals surface area (Å²) in [6, 6.07) is 8.50. The summed E-state index contributed by atoms with van der Waals surface area (Å²) < 4.78 is 40.0. The summed E-state index contributed by atoms with van der Waals surface area (Å²) in [6.45, 7) is -2.01. The maximum absolute atomic E-state index is 12.6. The van der Waals surface area contributed by atoms with Gasteiger partial charge in [0.25, 0.3) is 0 Å². The van der Waals surface area contributed by atoms with Crippen LogP contribution >= 0.6 is 0 Å². The number of hydrogen-bond donors (Lipinski definition) is 2. The van der Waals surface area contributed by atoms with Crippen molar-refractivity contribution in [2.24, 2.45) is 4.99 Å². The molecule has 1 aromatic heterocycles. The summed E-state index contributed by atoms with van der Waals surface area (Å²) in [4.78, 5) is 4.10. The van der Waals surface area contributed by atoms with Gasteiger partial charge in [-0.3, -0.25) is 4.99 Å². The van der Waals surface area contributed by atoms with Gasteiger partial charge in [-0.1, -0.05) is 0 Å². The number of nitrogens with zero attached hydrogens (tertiary/aromatic N) is 1. The zero-order valence-electron chi connectivity index (χ0n) is 14.1. The molecule has 2 N–H and O–H groups in total. The summed E-state index contributed by atoms with van der Waals surface area (Å²) in [6.07, 6.45) is 2.33. The van der Waals surface area contributed by atoms with Crippen molar-refractivity contribution in [1.29, 1.82) is 0 Å². The second-order valence-electron chi connectivity index (χ2n) is 5.03. The minimum absolute atomic E-state index is 0.0629. The molecule has 0 aliphatic rings. The molecule has 2 aromatic rings. The molecule has 0 saturated carbocycles.